The van der Waals surface area contributed by atoms with Crippen LogP contribution in [0.25, 0.3) is 0 Å². The number of hydrogen-bond donors (Lipinski definition) is 0. The lowest BCUT2D eigenvalue weighted by Gasteiger charge is -2.33. The van der Waals surface area contributed by atoms with Gasteiger partial charge in [-0.15, -0.1) is 0 Å². The topological polar surface area (TPSA) is 56.6 Å². The molecule has 0 saturated carbocycles. The summed E-state index contributed by atoms with van der Waals surface area (Å²) in [6.45, 7) is 3.44. The van der Waals surface area contributed by atoms with Crippen LogP contribution >= 0.6 is 0 Å². The molecule has 1 aromatic heterocycles. The van der Waals surface area contributed by atoms with Gasteiger partial charge in [0.25, 0.3) is 0 Å². The fraction of sp³-hybridized carbons (Fsp3) is 0.636. The van der Waals surface area contributed by atoms with E-state index in [0.717, 1.165) is 19.6 Å². The Bertz CT molecular complexity index is 353. The van der Waals surface area contributed by atoms with E-state index in [1.54, 1.807) is 12.5 Å². The summed E-state index contributed by atoms with van der Waals surface area (Å²) in [5.41, 5.74) is 0. The first-order chi connectivity index (χ1) is 8.31. The number of ether oxygens (including phenoxy) is 2. The molecule has 0 radical (unpaired) electrons. The third-order valence-electron chi connectivity index (χ3n) is 2.92. The first-order valence-electron chi connectivity index (χ1n) is 5.66. The molecule has 1 unspecified atom stereocenters. The highest BCUT2D eigenvalue weighted by Gasteiger charge is 2.29. The summed E-state index contributed by atoms with van der Waals surface area (Å²) in [6.07, 6.45) is 5.43. The Morgan fingerprint density at radius 3 is 3.18 bits per heavy atom. The second-order valence-corrected chi connectivity index (χ2v) is 3.95. The van der Waals surface area contributed by atoms with Gasteiger partial charge in [0.2, 0.25) is 0 Å². The lowest BCUT2D eigenvalue weighted by Crippen LogP contribution is -2.51. The minimum atomic E-state index is -0.280. The molecule has 1 aliphatic rings. The molecule has 17 heavy (non-hydrogen) atoms. The first-order valence-corrected chi connectivity index (χ1v) is 5.66. The highest BCUT2D eigenvalue weighted by molar-refractivity contribution is 5.75. The number of hydrogen-bond acceptors (Lipinski definition) is 5. The van der Waals surface area contributed by atoms with Gasteiger partial charge in [-0.05, 0) is 0 Å². The maximum absolute atomic E-state index is 11.6. The number of esters is 1. The van der Waals surface area contributed by atoms with E-state index in [1.165, 1.54) is 7.11 Å². The minimum Gasteiger partial charge on any atom is -0.468 e. The molecule has 1 fully saturated rings. The van der Waals surface area contributed by atoms with Crippen LogP contribution in [0.1, 0.15) is 0 Å². The second kappa shape index (κ2) is 5.79. The monoisotopic (exact) mass is 239 g/mol. The predicted octanol–water partition coefficient (Wildman–Crippen LogP) is -0.243. The van der Waals surface area contributed by atoms with Gasteiger partial charge in [-0.3, -0.25) is 9.69 Å². The standard InChI is InChI=1S/C11H17N3O3/c1-16-11(15)10-8-17-7-6-14(10)5-4-13-3-2-12-9-13/h2-3,9-10H,4-8H2,1H3. The van der Waals surface area contributed by atoms with Gasteiger partial charge < -0.3 is 14.0 Å². The summed E-state index contributed by atoms with van der Waals surface area (Å²) in [6, 6.07) is -0.280. The van der Waals surface area contributed by atoms with Crippen molar-refractivity contribution in [3.63, 3.8) is 0 Å². The van der Waals surface area contributed by atoms with Gasteiger partial charge in [-0.25, -0.2) is 4.98 Å². The van der Waals surface area contributed by atoms with Gasteiger partial charge in [0, 0.05) is 32.0 Å². The van der Waals surface area contributed by atoms with E-state index < -0.39 is 0 Å². The van der Waals surface area contributed by atoms with Crippen molar-refractivity contribution < 1.29 is 14.3 Å². The molecule has 0 amide bonds. The molecule has 1 atom stereocenters. The Kier molecular flexibility index (Phi) is 4.11. The molecule has 1 aliphatic heterocycles. The Hall–Kier alpha value is -1.40. The maximum atomic E-state index is 11.6. The lowest BCUT2D eigenvalue weighted by molar-refractivity contribution is -0.153. The normalized spacial score (nSPS) is 21.4. The van der Waals surface area contributed by atoms with Crippen molar-refractivity contribution in [3.05, 3.63) is 18.7 Å². The van der Waals surface area contributed by atoms with E-state index in [1.807, 2.05) is 10.8 Å². The number of aromatic nitrogens is 2. The van der Waals surface area contributed by atoms with Gasteiger partial charge in [-0.1, -0.05) is 0 Å². The number of morpholine rings is 1. The molecule has 0 spiro atoms. The maximum Gasteiger partial charge on any atom is 0.325 e. The molecule has 6 nitrogen and oxygen atoms in total. The van der Waals surface area contributed by atoms with Crippen molar-refractivity contribution in [3.8, 4) is 0 Å². The number of carbonyl (C=O) groups excluding carboxylic acids is 1. The van der Waals surface area contributed by atoms with Crippen molar-refractivity contribution in [2.24, 2.45) is 0 Å². The zero-order valence-electron chi connectivity index (χ0n) is 9.91. The summed E-state index contributed by atoms with van der Waals surface area (Å²) >= 11 is 0. The summed E-state index contributed by atoms with van der Waals surface area (Å²) in [4.78, 5) is 17.7. The third-order valence-corrected chi connectivity index (χ3v) is 2.92. The molecule has 2 rings (SSSR count). The van der Waals surface area contributed by atoms with Crippen LogP contribution in [0, 0.1) is 0 Å². The molecule has 0 N–H and O–H groups in total. The van der Waals surface area contributed by atoms with Crippen LogP contribution in [0.5, 0.6) is 0 Å². The van der Waals surface area contributed by atoms with Crippen molar-refractivity contribution in [2.45, 2.75) is 12.6 Å². The van der Waals surface area contributed by atoms with Crippen LogP contribution in [-0.2, 0) is 20.8 Å². The number of methoxy groups -OCH3 is 1. The van der Waals surface area contributed by atoms with E-state index in [-0.39, 0.29) is 12.0 Å². The molecule has 0 aliphatic carbocycles. The molecule has 6 heteroatoms. The van der Waals surface area contributed by atoms with Crippen LogP contribution in [0.2, 0.25) is 0 Å². The average Bonchev–Trinajstić information content (AvgIpc) is 2.89. The minimum absolute atomic E-state index is 0.227. The second-order valence-electron chi connectivity index (χ2n) is 3.95. The molecule has 0 aromatic carbocycles. The number of nitrogens with zero attached hydrogens (tertiary/aromatic N) is 3. The SMILES string of the molecule is COC(=O)C1COCCN1CCn1ccnc1. The Morgan fingerprint density at radius 2 is 2.47 bits per heavy atom. The van der Waals surface area contributed by atoms with Crippen LogP contribution in [0.3, 0.4) is 0 Å². The first kappa shape index (κ1) is 12.1. The summed E-state index contributed by atoms with van der Waals surface area (Å²) in [5, 5.41) is 0. The van der Waals surface area contributed by atoms with E-state index in [9.17, 15) is 4.79 Å². The fourth-order valence-corrected chi connectivity index (χ4v) is 1.92. The molecular weight excluding hydrogens is 222 g/mol. The fourth-order valence-electron chi connectivity index (χ4n) is 1.92. The number of carbonyl (C=O) groups is 1. The van der Waals surface area contributed by atoms with Crippen LogP contribution in [0.4, 0.5) is 0 Å². The van der Waals surface area contributed by atoms with Crippen LogP contribution in [-0.4, -0.2) is 59.9 Å². The zero-order valence-corrected chi connectivity index (χ0v) is 9.91. The molecular formula is C11H17N3O3. The molecule has 2 heterocycles. The van der Waals surface area contributed by atoms with E-state index in [2.05, 4.69) is 9.88 Å². The van der Waals surface area contributed by atoms with Crippen LogP contribution < -0.4 is 0 Å². The van der Waals surface area contributed by atoms with Crippen molar-refractivity contribution >= 4 is 5.97 Å². The molecule has 1 aromatic rings. The van der Waals surface area contributed by atoms with E-state index >= 15 is 0 Å². The third kappa shape index (κ3) is 3.04. The van der Waals surface area contributed by atoms with Crippen molar-refractivity contribution in [2.75, 3.05) is 33.4 Å². The predicted molar refractivity (Wildman–Crippen MR) is 60.4 cm³/mol. The van der Waals surface area contributed by atoms with E-state index in [4.69, 9.17) is 9.47 Å². The van der Waals surface area contributed by atoms with Gasteiger partial charge >= 0.3 is 5.97 Å². The Labute approximate surface area is 100 Å². The van der Waals surface area contributed by atoms with Gasteiger partial charge in [0.1, 0.15) is 6.04 Å². The summed E-state index contributed by atoms with van der Waals surface area (Å²) in [7, 11) is 1.41. The lowest BCUT2D eigenvalue weighted by atomic mass is 10.2. The summed E-state index contributed by atoms with van der Waals surface area (Å²) < 4.78 is 12.1. The van der Waals surface area contributed by atoms with Gasteiger partial charge in [-0.2, -0.15) is 0 Å². The van der Waals surface area contributed by atoms with Crippen LogP contribution in [0.15, 0.2) is 18.7 Å². The number of imidazole rings is 1. The van der Waals surface area contributed by atoms with Gasteiger partial charge in [0.05, 0.1) is 26.7 Å². The largest absolute Gasteiger partial charge is 0.468 e. The molecule has 1 saturated heterocycles. The highest BCUT2D eigenvalue weighted by Crippen LogP contribution is 2.08. The Balaban J connectivity index is 1.90. The zero-order chi connectivity index (χ0) is 12.1. The quantitative estimate of drug-likeness (QED) is 0.679. The van der Waals surface area contributed by atoms with Crippen molar-refractivity contribution in [1.82, 2.24) is 14.5 Å². The van der Waals surface area contributed by atoms with Crippen molar-refractivity contribution in [1.29, 1.82) is 0 Å². The summed E-state index contributed by atoms with van der Waals surface area (Å²) in [5.74, 6) is -0.227. The average molecular weight is 239 g/mol. The molecule has 94 valence electrons. The van der Waals surface area contributed by atoms with E-state index in [0.29, 0.717) is 13.2 Å². The highest BCUT2D eigenvalue weighted by atomic mass is 16.5. The molecule has 0 bridgehead atoms. The Morgan fingerprint density at radius 1 is 1.59 bits per heavy atom. The smallest absolute Gasteiger partial charge is 0.325 e. The van der Waals surface area contributed by atoms with Gasteiger partial charge in [0.15, 0.2) is 0 Å². The number of rotatable bonds is 4.